The Morgan fingerprint density at radius 1 is 1.14 bits per heavy atom. The Morgan fingerprint density at radius 3 is 2.43 bits per heavy atom. The van der Waals surface area contributed by atoms with E-state index in [9.17, 15) is 13.2 Å². The lowest BCUT2D eigenvalue weighted by Crippen LogP contribution is -2.08. The molecule has 6 heteroatoms. The van der Waals surface area contributed by atoms with Gasteiger partial charge in [0.1, 0.15) is 5.03 Å². The van der Waals surface area contributed by atoms with E-state index in [1.165, 1.54) is 12.1 Å². The van der Waals surface area contributed by atoms with E-state index >= 15 is 0 Å². The summed E-state index contributed by atoms with van der Waals surface area (Å²) >= 11 is 0.976. The van der Waals surface area contributed by atoms with Gasteiger partial charge in [-0.1, -0.05) is 17.8 Å². The zero-order valence-corrected chi connectivity index (χ0v) is 12.3. The number of nitrogens with zero attached hydrogens (tertiary/aromatic N) is 1. The van der Waals surface area contributed by atoms with Crippen LogP contribution in [0.4, 0.5) is 13.2 Å². The smallest absolute Gasteiger partial charge is 0.392 e. The molecule has 0 saturated heterocycles. The highest BCUT2D eigenvalue weighted by molar-refractivity contribution is 7.99. The Balaban J connectivity index is 2.43. The van der Waals surface area contributed by atoms with E-state index in [2.05, 4.69) is 4.98 Å². The Hall–Kier alpha value is -1.53. The molecular weight excluding hydrogens is 299 g/mol. The van der Waals surface area contributed by atoms with Crippen molar-refractivity contribution < 1.29 is 18.3 Å². The molecule has 0 saturated carbocycles. The number of hydrogen-bond donors (Lipinski definition) is 1. The van der Waals surface area contributed by atoms with Crippen LogP contribution in [0.5, 0.6) is 0 Å². The van der Waals surface area contributed by atoms with Gasteiger partial charge in [0.25, 0.3) is 0 Å². The summed E-state index contributed by atoms with van der Waals surface area (Å²) in [5.74, 6) is 0. The minimum Gasteiger partial charge on any atom is -0.392 e. The quantitative estimate of drug-likeness (QED) is 0.914. The van der Waals surface area contributed by atoms with Gasteiger partial charge in [-0.2, -0.15) is 13.2 Å². The minimum absolute atomic E-state index is 0.0807. The van der Waals surface area contributed by atoms with Crippen LogP contribution < -0.4 is 0 Å². The van der Waals surface area contributed by atoms with Gasteiger partial charge in [0, 0.05) is 10.6 Å². The molecule has 0 fully saturated rings. The molecule has 21 heavy (non-hydrogen) atoms. The van der Waals surface area contributed by atoms with Crippen molar-refractivity contribution in [1.82, 2.24) is 4.98 Å². The number of hydrogen-bond acceptors (Lipinski definition) is 3. The summed E-state index contributed by atoms with van der Waals surface area (Å²) in [6, 6.07) is 7.45. The molecule has 1 aromatic carbocycles. The second kappa shape index (κ2) is 6.07. The average Bonchev–Trinajstić information content (AvgIpc) is 2.36. The van der Waals surface area contributed by atoms with Crippen molar-refractivity contribution in [2.24, 2.45) is 0 Å². The van der Waals surface area contributed by atoms with Crippen molar-refractivity contribution in [3.8, 4) is 0 Å². The topological polar surface area (TPSA) is 33.1 Å². The molecule has 0 bridgehead atoms. The average molecular weight is 313 g/mol. The fraction of sp³-hybridized carbons (Fsp3) is 0.267. The van der Waals surface area contributed by atoms with Crippen LogP contribution in [0.3, 0.4) is 0 Å². The van der Waals surface area contributed by atoms with E-state index in [-0.39, 0.29) is 10.5 Å². The second-order valence-corrected chi connectivity index (χ2v) is 5.77. The molecule has 0 amide bonds. The van der Waals surface area contributed by atoms with E-state index in [0.717, 1.165) is 29.1 Å². The number of aliphatic hydroxyl groups is 1. The van der Waals surface area contributed by atoms with Gasteiger partial charge in [-0.25, -0.2) is 4.98 Å². The van der Waals surface area contributed by atoms with Gasteiger partial charge in [-0.3, -0.25) is 0 Å². The molecule has 0 aliphatic rings. The second-order valence-electron chi connectivity index (χ2n) is 4.71. The number of alkyl halides is 3. The van der Waals surface area contributed by atoms with E-state index in [4.69, 9.17) is 5.11 Å². The van der Waals surface area contributed by atoms with Gasteiger partial charge in [0.05, 0.1) is 12.2 Å². The Bertz CT molecular complexity index is 636. The summed E-state index contributed by atoms with van der Waals surface area (Å²) in [6.07, 6.45) is -4.47. The molecule has 0 atom stereocenters. The highest BCUT2D eigenvalue weighted by Crippen LogP contribution is 2.39. The van der Waals surface area contributed by atoms with E-state index < -0.39 is 18.3 Å². The van der Waals surface area contributed by atoms with Crippen LogP contribution in [-0.4, -0.2) is 10.1 Å². The number of rotatable bonds is 3. The van der Waals surface area contributed by atoms with Crippen molar-refractivity contribution in [3.63, 3.8) is 0 Å². The molecule has 0 aliphatic carbocycles. The third-order valence-electron chi connectivity index (χ3n) is 2.82. The summed E-state index contributed by atoms with van der Waals surface area (Å²) < 4.78 is 39.3. The van der Waals surface area contributed by atoms with Crippen LogP contribution >= 0.6 is 11.8 Å². The number of halogens is 3. The monoisotopic (exact) mass is 313 g/mol. The summed E-state index contributed by atoms with van der Waals surface area (Å²) in [7, 11) is 0. The van der Waals surface area contributed by atoms with Crippen molar-refractivity contribution in [3.05, 3.63) is 52.7 Å². The third kappa shape index (κ3) is 3.98. The van der Waals surface area contributed by atoms with Gasteiger partial charge in [0.2, 0.25) is 0 Å². The predicted molar refractivity (Wildman–Crippen MR) is 75.2 cm³/mol. The molecule has 0 spiro atoms. The number of aliphatic hydroxyl groups excluding tert-OH is 1. The lowest BCUT2D eigenvalue weighted by atomic mass is 10.1. The largest absolute Gasteiger partial charge is 0.417 e. The molecule has 0 aliphatic heterocycles. The summed E-state index contributed by atoms with van der Waals surface area (Å²) in [5, 5.41) is 9.52. The van der Waals surface area contributed by atoms with Crippen LogP contribution in [0, 0.1) is 13.8 Å². The van der Waals surface area contributed by atoms with Crippen LogP contribution in [0.2, 0.25) is 0 Å². The fourth-order valence-corrected chi connectivity index (χ4v) is 3.04. The summed E-state index contributed by atoms with van der Waals surface area (Å²) in [5.41, 5.74) is 1.20. The van der Waals surface area contributed by atoms with Crippen LogP contribution in [0.25, 0.3) is 0 Å². The number of aromatic nitrogens is 1. The first-order valence-electron chi connectivity index (χ1n) is 6.23. The van der Waals surface area contributed by atoms with Gasteiger partial charge in [0.15, 0.2) is 0 Å². The van der Waals surface area contributed by atoms with Crippen LogP contribution in [-0.2, 0) is 12.8 Å². The molecule has 1 N–H and O–H groups in total. The van der Waals surface area contributed by atoms with Crippen molar-refractivity contribution in [2.45, 2.75) is 36.6 Å². The normalized spacial score (nSPS) is 11.7. The Morgan fingerprint density at radius 2 is 1.86 bits per heavy atom. The fourth-order valence-electron chi connectivity index (χ4n) is 1.96. The molecule has 2 rings (SSSR count). The maximum atomic E-state index is 13.1. The van der Waals surface area contributed by atoms with Crippen molar-refractivity contribution in [1.29, 1.82) is 0 Å². The molecule has 0 unspecified atom stereocenters. The maximum absolute atomic E-state index is 13.1. The number of aryl methyl sites for hydroxylation is 2. The van der Waals surface area contributed by atoms with Crippen LogP contribution in [0.15, 0.2) is 40.3 Å². The molecule has 2 nitrogen and oxygen atoms in total. The molecule has 112 valence electrons. The van der Waals surface area contributed by atoms with Gasteiger partial charge >= 0.3 is 6.18 Å². The lowest BCUT2D eigenvalue weighted by molar-refractivity contribution is -0.139. The number of pyridine rings is 1. The summed E-state index contributed by atoms with van der Waals surface area (Å²) in [4.78, 5) is 4.32. The SMILES string of the molecule is Cc1cc(C)nc(Sc2ccc(CO)cc2C(F)(F)F)c1. The van der Waals surface area contributed by atoms with E-state index in [1.54, 1.807) is 13.0 Å². The minimum atomic E-state index is -4.47. The molecule has 1 aromatic heterocycles. The Kier molecular flexibility index (Phi) is 4.58. The van der Waals surface area contributed by atoms with E-state index in [1.807, 2.05) is 13.0 Å². The lowest BCUT2D eigenvalue weighted by Gasteiger charge is -2.13. The molecule has 2 aromatic rings. The Labute approximate surface area is 125 Å². The maximum Gasteiger partial charge on any atom is 0.417 e. The zero-order chi connectivity index (χ0) is 15.6. The first kappa shape index (κ1) is 15.9. The zero-order valence-electron chi connectivity index (χ0n) is 11.5. The molecule has 1 heterocycles. The molecule has 0 radical (unpaired) electrons. The van der Waals surface area contributed by atoms with Crippen molar-refractivity contribution >= 4 is 11.8 Å². The highest BCUT2D eigenvalue weighted by Gasteiger charge is 2.34. The predicted octanol–water partition coefficient (Wildman–Crippen LogP) is 4.36. The highest BCUT2D eigenvalue weighted by atomic mass is 32.2. The first-order valence-corrected chi connectivity index (χ1v) is 7.05. The molecular formula is C15H14F3NOS. The first-order chi connectivity index (χ1) is 9.79. The van der Waals surface area contributed by atoms with Gasteiger partial charge in [-0.05, 0) is 49.2 Å². The van der Waals surface area contributed by atoms with Crippen molar-refractivity contribution in [2.75, 3.05) is 0 Å². The van der Waals surface area contributed by atoms with Gasteiger partial charge in [-0.15, -0.1) is 0 Å². The number of benzene rings is 1. The van der Waals surface area contributed by atoms with Gasteiger partial charge < -0.3 is 5.11 Å². The third-order valence-corrected chi connectivity index (χ3v) is 3.81. The summed E-state index contributed by atoms with van der Waals surface area (Å²) in [6.45, 7) is 3.25. The standard InChI is InChI=1S/C15H14F3NOS/c1-9-5-10(2)19-14(6-9)21-13-4-3-11(8-20)7-12(13)15(16,17)18/h3-7,20H,8H2,1-2H3. The van der Waals surface area contributed by atoms with Crippen LogP contribution in [0.1, 0.15) is 22.4 Å². The van der Waals surface area contributed by atoms with E-state index in [0.29, 0.717) is 5.03 Å².